The molecule has 1 aromatic rings. The van der Waals surface area contributed by atoms with Crippen LogP contribution in [-0.2, 0) is 0 Å². The van der Waals surface area contributed by atoms with E-state index in [1.807, 2.05) is 18.7 Å². The lowest BCUT2D eigenvalue weighted by Gasteiger charge is -2.23. The second kappa shape index (κ2) is 7.94. The molecule has 0 bridgehead atoms. The molecule has 0 radical (unpaired) electrons. The maximum atomic E-state index is 12.3. The molecule has 1 amide bonds. The smallest absolute Gasteiger partial charge is 0.257 e. The zero-order valence-corrected chi connectivity index (χ0v) is 12.6. The van der Waals surface area contributed by atoms with Crippen LogP contribution in [0.4, 0.5) is 0 Å². The van der Waals surface area contributed by atoms with Crippen molar-refractivity contribution in [2.45, 2.75) is 34.1 Å². The molecular weight excluding hydrogens is 240 g/mol. The van der Waals surface area contributed by atoms with E-state index in [1.54, 1.807) is 6.20 Å². The fourth-order valence-electron chi connectivity index (χ4n) is 2.16. The van der Waals surface area contributed by atoms with Crippen LogP contribution in [0.2, 0.25) is 0 Å². The number of carbonyl (C=O) groups excluding carboxylic acids is 1. The predicted molar refractivity (Wildman–Crippen MR) is 77.3 cm³/mol. The maximum Gasteiger partial charge on any atom is 0.257 e. The first-order valence-electron chi connectivity index (χ1n) is 7.15. The van der Waals surface area contributed by atoms with Crippen molar-refractivity contribution < 1.29 is 4.79 Å². The number of H-pyrrole nitrogens is 1. The van der Waals surface area contributed by atoms with Gasteiger partial charge in [-0.1, -0.05) is 13.8 Å². The summed E-state index contributed by atoms with van der Waals surface area (Å²) in [5.41, 5.74) is 1.52. The molecule has 0 spiro atoms. The Labute approximate surface area is 116 Å². The molecular formula is C14H26N4O. The van der Waals surface area contributed by atoms with Crippen LogP contribution >= 0.6 is 0 Å². The van der Waals surface area contributed by atoms with Gasteiger partial charge >= 0.3 is 0 Å². The fourth-order valence-corrected chi connectivity index (χ4v) is 2.16. The highest BCUT2D eigenvalue weighted by atomic mass is 16.2. The molecule has 0 aliphatic rings. The molecule has 0 saturated heterocycles. The van der Waals surface area contributed by atoms with Crippen molar-refractivity contribution in [3.05, 3.63) is 17.5 Å². The average Bonchev–Trinajstić information content (AvgIpc) is 2.85. The first-order chi connectivity index (χ1) is 9.13. The zero-order chi connectivity index (χ0) is 14.3. The van der Waals surface area contributed by atoms with E-state index in [1.165, 1.54) is 0 Å². The highest BCUT2D eigenvalue weighted by Gasteiger charge is 2.17. The van der Waals surface area contributed by atoms with Gasteiger partial charge in [-0.3, -0.25) is 9.89 Å². The van der Waals surface area contributed by atoms with Crippen LogP contribution in [0.25, 0.3) is 0 Å². The largest absolute Gasteiger partial charge is 0.339 e. The van der Waals surface area contributed by atoms with E-state index in [0.717, 1.165) is 44.8 Å². The molecule has 19 heavy (non-hydrogen) atoms. The topological polar surface area (TPSA) is 52.2 Å². The lowest BCUT2D eigenvalue weighted by Crippen LogP contribution is -2.34. The molecule has 0 aliphatic heterocycles. The van der Waals surface area contributed by atoms with Crippen LogP contribution in [-0.4, -0.2) is 58.6 Å². The van der Waals surface area contributed by atoms with E-state index in [0.29, 0.717) is 5.56 Å². The molecule has 1 heterocycles. The van der Waals surface area contributed by atoms with Crippen molar-refractivity contribution in [1.29, 1.82) is 0 Å². The van der Waals surface area contributed by atoms with Crippen molar-refractivity contribution in [3.8, 4) is 0 Å². The van der Waals surface area contributed by atoms with Gasteiger partial charge in [0.25, 0.3) is 5.91 Å². The molecule has 0 fully saturated rings. The Morgan fingerprint density at radius 2 is 1.89 bits per heavy atom. The third kappa shape index (κ3) is 4.35. The third-order valence-electron chi connectivity index (χ3n) is 3.53. The van der Waals surface area contributed by atoms with Crippen molar-refractivity contribution in [1.82, 2.24) is 20.0 Å². The highest BCUT2D eigenvalue weighted by molar-refractivity contribution is 5.94. The van der Waals surface area contributed by atoms with Crippen molar-refractivity contribution >= 4 is 5.91 Å². The minimum absolute atomic E-state index is 0.0771. The van der Waals surface area contributed by atoms with E-state index in [-0.39, 0.29) is 5.91 Å². The molecule has 5 heteroatoms. The number of aromatic amines is 1. The van der Waals surface area contributed by atoms with Gasteiger partial charge in [-0.05, 0) is 39.9 Å². The minimum Gasteiger partial charge on any atom is -0.339 e. The van der Waals surface area contributed by atoms with Gasteiger partial charge < -0.3 is 9.80 Å². The van der Waals surface area contributed by atoms with Crippen LogP contribution in [0.15, 0.2) is 6.20 Å². The molecule has 0 atom stereocenters. The lowest BCUT2D eigenvalue weighted by atomic mass is 10.2. The maximum absolute atomic E-state index is 12.3. The molecule has 108 valence electrons. The summed E-state index contributed by atoms with van der Waals surface area (Å²) in [6, 6.07) is 0. The summed E-state index contributed by atoms with van der Waals surface area (Å²) < 4.78 is 0. The number of hydrogen-bond acceptors (Lipinski definition) is 3. The van der Waals surface area contributed by atoms with Crippen LogP contribution < -0.4 is 0 Å². The standard InChI is InChI=1S/C14H26N4O/c1-5-17(6-2)9-8-10-18(7-3)14(19)13-11-15-16-12(13)4/h11H,5-10H2,1-4H3,(H,15,16). The van der Waals surface area contributed by atoms with E-state index >= 15 is 0 Å². The Kier molecular flexibility index (Phi) is 6.56. The van der Waals surface area contributed by atoms with Gasteiger partial charge in [0.1, 0.15) is 0 Å². The summed E-state index contributed by atoms with van der Waals surface area (Å²) in [4.78, 5) is 16.6. The Morgan fingerprint density at radius 1 is 1.21 bits per heavy atom. The zero-order valence-electron chi connectivity index (χ0n) is 12.6. The average molecular weight is 266 g/mol. The van der Waals surface area contributed by atoms with Gasteiger partial charge in [-0.25, -0.2) is 0 Å². The number of carbonyl (C=O) groups is 1. The summed E-state index contributed by atoms with van der Waals surface area (Å²) in [6.45, 7) is 12.9. The van der Waals surface area contributed by atoms with Gasteiger partial charge in [0.05, 0.1) is 11.8 Å². The van der Waals surface area contributed by atoms with Crippen molar-refractivity contribution in [2.24, 2.45) is 0 Å². The number of aromatic nitrogens is 2. The first kappa shape index (κ1) is 15.7. The quantitative estimate of drug-likeness (QED) is 0.782. The number of aryl methyl sites for hydroxylation is 1. The number of rotatable bonds is 8. The van der Waals surface area contributed by atoms with Crippen LogP contribution in [0.1, 0.15) is 43.2 Å². The number of nitrogens with one attached hydrogen (secondary N) is 1. The fraction of sp³-hybridized carbons (Fsp3) is 0.714. The number of nitrogens with zero attached hydrogens (tertiary/aromatic N) is 3. The van der Waals surface area contributed by atoms with Crippen LogP contribution in [0.3, 0.4) is 0 Å². The van der Waals surface area contributed by atoms with Crippen LogP contribution in [0, 0.1) is 6.92 Å². The van der Waals surface area contributed by atoms with Gasteiger partial charge in [0.2, 0.25) is 0 Å². The summed E-state index contributed by atoms with van der Waals surface area (Å²) in [7, 11) is 0. The van der Waals surface area contributed by atoms with Gasteiger partial charge in [0.15, 0.2) is 0 Å². The molecule has 0 aromatic carbocycles. The van der Waals surface area contributed by atoms with Gasteiger partial charge in [-0.2, -0.15) is 5.10 Å². The third-order valence-corrected chi connectivity index (χ3v) is 3.53. The second-order valence-corrected chi connectivity index (χ2v) is 4.67. The van der Waals surface area contributed by atoms with Crippen LogP contribution in [0.5, 0.6) is 0 Å². The predicted octanol–water partition coefficient (Wildman–Crippen LogP) is 1.91. The van der Waals surface area contributed by atoms with E-state index in [2.05, 4.69) is 28.9 Å². The molecule has 5 nitrogen and oxygen atoms in total. The van der Waals surface area contributed by atoms with Gasteiger partial charge in [-0.15, -0.1) is 0 Å². The Bertz CT molecular complexity index is 385. The molecule has 1 N–H and O–H groups in total. The highest BCUT2D eigenvalue weighted by Crippen LogP contribution is 2.08. The normalized spacial score (nSPS) is 11.0. The summed E-state index contributed by atoms with van der Waals surface area (Å²) >= 11 is 0. The summed E-state index contributed by atoms with van der Waals surface area (Å²) in [5, 5.41) is 6.73. The summed E-state index contributed by atoms with van der Waals surface area (Å²) in [6.07, 6.45) is 2.63. The van der Waals surface area contributed by atoms with Crippen molar-refractivity contribution in [3.63, 3.8) is 0 Å². The Morgan fingerprint density at radius 3 is 2.37 bits per heavy atom. The molecule has 1 rings (SSSR count). The van der Waals surface area contributed by atoms with E-state index in [4.69, 9.17) is 0 Å². The number of hydrogen-bond donors (Lipinski definition) is 1. The lowest BCUT2D eigenvalue weighted by molar-refractivity contribution is 0.0757. The molecule has 0 saturated carbocycles. The van der Waals surface area contributed by atoms with E-state index < -0.39 is 0 Å². The monoisotopic (exact) mass is 266 g/mol. The summed E-state index contributed by atoms with van der Waals surface area (Å²) in [5.74, 6) is 0.0771. The minimum atomic E-state index is 0.0771. The van der Waals surface area contributed by atoms with E-state index in [9.17, 15) is 4.79 Å². The molecule has 1 aromatic heterocycles. The van der Waals surface area contributed by atoms with Crippen molar-refractivity contribution in [2.75, 3.05) is 32.7 Å². The Balaban J connectivity index is 2.50. The number of amides is 1. The Hall–Kier alpha value is -1.36. The SMILES string of the molecule is CCN(CC)CCCN(CC)C(=O)c1cn[nH]c1C. The molecule has 0 aliphatic carbocycles. The first-order valence-corrected chi connectivity index (χ1v) is 7.15. The molecule has 0 unspecified atom stereocenters. The second-order valence-electron chi connectivity index (χ2n) is 4.67. The van der Waals surface area contributed by atoms with Gasteiger partial charge in [0, 0.05) is 18.8 Å².